The Balaban J connectivity index is 2.21. The minimum absolute atomic E-state index is 0.377. The number of benzene rings is 1. The second-order valence-corrected chi connectivity index (χ2v) is 6.43. The molecule has 20 heavy (non-hydrogen) atoms. The van der Waals surface area contributed by atoms with E-state index in [1.165, 1.54) is 17.4 Å². The van der Waals surface area contributed by atoms with Crippen LogP contribution in [-0.2, 0) is 10.2 Å². The molecule has 7 heteroatoms. The van der Waals surface area contributed by atoms with E-state index in [0.29, 0.717) is 21.0 Å². The van der Waals surface area contributed by atoms with Crippen molar-refractivity contribution in [2.45, 2.75) is 19.3 Å². The first-order valence-corrected chi connectivity index (χ1v) is 7.39. The van der Waals surface area contributed by atoms with Gasteiger partial charge in [-0.25, -0.2) is 9.37 Å². The molecule has 1 aromatic heterocycles. The summed E-state index contributed by atoms with van der Waals surface area (Å²) in [6.45, 7) is 3.18. The lowest BCUT2D eigenvalue weighted by molar-refractivity contribution is -0.142. The maximum atomic E-state index is 13.4. The van der Waals surface area contributed by atoms with E-state index in [-0.39, 0.29) is 5.82 Å². The second-order valence-electron chi connectivity index (χ2n) is 4.72. The summed E-state index contributed by atoms with van der Waals surface area (Å²) in [7, 11) is 0. The highest BCUT2D eigenvalue weighted by atomic mass is 79.9. The van der Waals surface area contributed by atoms with Crippen LogP contribution in [-0.4, -0.2) is 16.1 Å². The standard InChI is InChI=1S/C13H12BrFN2O2S/c1-13(2,11(18)19)10-6-20-12(17-10)16-7-3-4-8(14)9(15)5-7/h3-6H,1-2H3,(H,16,17)(H,18,19). The zero-order valence-electron chi connectivity index (χ0n) is 10.8. The maximum absolute atomic E-state index is 13.4. The van der Waals surface area contributed by atoms with Gasteiger partial charge in [0, 0.05) is 11.1 Å². The molecule has 0 aliphatic rings. The van der Waals surface area contributed by atoms with Gasteiger partial charge < -0.3 is 10.4 Å². The van der Waals surface area contributed by atoms with E-state index < -0.39 is 11.4 Å². The molecule has 1 aromatic carbocycles. The number of anilines is 2. The number of thiazole rings is 1. The Kier molecular flexibility index (Phi) is 4.10. The number of aromatic nitrogens is 1. The van der Waals surface area contributed by atoms with Crippen molar-refractivity contribution < 1.29 is 14.3 Å². The first kappa shape index (κ1) is 14.9. The predicted octanol–water partition coefficient (Wildman–Crippen LogP) is 4.15. The van der Waals surface area contributed by atoms with E-state index in [1.807, 2.05) is 0 Å². The lowest BCUT2D eigenvalue weighted by Gasteiger charge is -2.15. The SMILES string of the molecule is CC(C)(C(=O)O)c1csc(Nc2ccc(Br)c(F)c2)n1. The Morgan fingerprint density at radius 3 is 2.80 bits per heavy atom. The highest BCUT2D eigenvalue weighted by Crippen LogP contribution is 2.29. The van der Waals surface area contributed by atoms with Gasteiger partial charge in [-0.05, 0) is 48.0 Å². The van der Waals surface area contributed by atoms with Crippen molar-refractivity contribution in [2.75, 3.05) is 5.32 Å². The third kappa shape index (κ3) is 2.99. The van der Waals surface area contributed by atoms with Crippen molar-refractivity contribution in [3.63, 3.8) is 0 Å². The average molecular weight is 359 g/mol. The normalized spacial score (nSPS) is 11.4. The smallest absolute Gasteiger partial charge is 0.315 e. The number of hydrogen-bond donors (Lipinski definition) is 2. The van der Waals surface area contributed by atoms with Gasteiger partial charge in [0.1, 0.15) is 11.2 Å². The molecule has 2 N–H and O–H groups in total. The van der Waals surface area contributed by atoms with Crippen LogP contribution < -0.4 is 5.32 Å². The third-order valence-electron chi connectivity index (χ3n) is 2.85. The molecule has 0 amide bonds. The van der Waals surface area contributed by atoms with Crippen LogP contribution in [0.25, 0.3) is 0 Å². The number of aliphatic carboxylic acids is 1. The fourth-order valence-corrected chi connectivity index (χ4v) is 2.57. The summed E-state index contributed by atoms with van der Waals surface area (Å²) >= 11 is 4.36. The quantitative estimate of drug-likeness (QED) is 0.861. The second kappa shape index (κ2) is 5.49. The molecule has 0 atom stereocenters. The molecule has 0 radical (unpaired) electrons. The maximum Gasteiger partial charge on any atom is 0.315 e. The molecule has 2 rings (SSSR count). The van der Waals surface area contributed by atoms with Crippen LogP contribution in [0.2, 0.25) is 0 Å². The molecular formula is C13H12BrFN2O2S. The molecule has 0 aliphatic heterocycles. The number of carbonyl (C=O) groups is 1. The summed E-state index contributed by atoms with van der Waals surface area (Å²) in [6.07, 6.45) is 0. The van der Waals surface area contributed by atoms with Crippen molar-refractivity contribution in [2.24, 2.45) is 0 Å². The summed E-state index contributed by atoms with van der Waals surface area (Å²) < 4.78 is 13.8. The summed E-state index contributed by atoms with van der Waals surface area (Å²) in [5.41, 5.74) is -0.0312. The van der Waals surface area contributed by atoms with E-state index in [2.05, 4.69) is 26.2 Å². The van der Waals surface area contributed by atoms with Gasteiger partial charge in [-0.2, -0.15) is 0 Å². The van der Waals surface area contributed by atoms with Gasteiger partial charge in [-0.15, -0.1) is 11.3 Å². The fraction of sp³-hybridized carbons (Fsp3) is 0.231. The Morgan fingerprint density at radius 1 is 1.50 bits per heavy atom. The lowest BCUT2D eigenvalue weighted by atomic mass is 9.90. The average Bonchev–Trinajstić information content (AvgIpc) is 2.83. The van der Waals surface area contributed by atoms with Gasteiger partial charge in [-0.1, -0.05) is 0 Å². The zero-order chi connectivity index (χ0) is 14.9. The zero-order valence-corrected chi connectivity index (χ0v) is 13.2. The van der Waals surface area contributed by atoms with Gasteiger partial charge in [-0.3, -0.25) is 4.79 Å². The monoisotopic (exact) mass is 358 g/mol. The van der Waals surface area contributed by atoms with Crippen molar-refractivity contribution in [1.29, 1.82) is 0 Å². The number of carboxylic acid groups (broad SMARTS) is 1. The number of halogens is 2. The van der Waals surface area contributed by atoms with E-state index in [1.54, 1.807) is 31.4 Å². The molecule has 0 saturated carbocycles. The van der Waals surface area contributed by atoms with E-state index >= 15 is 0 Å². The molecule has 1 heterocycles. The summed E-state index contributed by atoms with van der Waals surface area (Å²) in [5, 5.41) is 14.3. The van der Waals surface area contributed by atoms with Gasteiger partial charge in [0.2, 0.25) is 0 Å². The minimum Gasteiger partial charge on any atom is -0.481 e. The first-order chi connectivity index (χ1) is 9.30. The van der Waals surface area contributed by atoms with Crippen LogP contribution >= 0.6 is 27.3 Å². The van der Waals surface area contributed by atoms with Gasteiger partial charge in [0.15, 0.2) is 5.13 Å². The molecule has 0 fully saturated rings. The molecule has 0 unspecified atom stereocenters. The molecule has 4 nitrogen and oxygen atoms in total. The molecule has 0 spiro atoms. The first-order valence-electron chi connectivity index (χ1n) is 5.72. The summed E-state index contributed by atoms with van der Waals surface area (Å²) in [4.78, 5) is 15.4. The molecule has 0 bridgehead atoms. The molecular weight excluding hydrogens is 347 g/mol. The van der Waals surface area contributed by atoms with E-state index in [9.17, 15) is 9.18 Å². The van der Waals surface area contributed by atoms with E-state index in [0.717, 1.165) is 0 Å². The Labute approximate surface area is 127 Å². The Hall–Kier alpha value is -1.47. The van der Waals surface area contributed by atoms with Gasteiger partial charge >= 0.3 is 5.97 Å². The van der Waals surface area contributed by atoms with Crippen molar-refractivity contribution >= 4 is 44.1 Å². The van der Waals surface area contributed by atoms with Crippen LogP contribution in [0.3, 0.4) is 0 Å². The van der Waals surface area contributed by atoms with E-state index in [4.69, 9.17) is 5.11 Å². The van der Waals surface area contributed by atoms with Crippen molar-refractivity contribution in [3.05, 3.63) is 39.6 Å². The summed E-state index contributed by atoms with van der Waals surface area (Å²) in [5.74, 6) is -1.32. The van der Waals surface area contributed by atoms with Crippen LogP contribution in [0, 0.1) is 5.82 Å². The predicted molar refractivity (Wildman–Crippen MR) is 80.2 cm³/mol. The van der Waals surface area contributed by atoms with Crippen LogP contribution in [0.1, 0.15) is 19.5 Å². The number of hydrogen-bond acceptors (Lipinski definition) is 4. The highest BCUT2D eigenvalue weighted by molar-refractivity contribution is 9.10. The number of rotatable bonds is 4. The molecule has 0 saturated heterocycles. The Morgan fingerprint density at radius 2 is 2.20 bits per heavy atom. The van der Waals surface area contributed by atoms with Crippen LogP contribution in [0.15, 0.2) is 28.1 Å². The molecule has 2 aromatic rings. The molecule has 0 aliphatic carbocycles. The fourth-order valence-electron chi connectivity index (χ4n) is 1.43. The third-order valence-corrected chi connectivity index (χ3v) is 4.25. The lowest BCUT2D eigenvalue weighted by Crippen LogP contribution is -2.28. The number of carboxylic acids is 1. The number of nitrogens with zero attached hydrogens (tertiary/aromatic N) is 1. The topological polar surface area (TPSA) is 62.2 Å². The minimum atomic E-state index is -1.05. The van der Waals surface area contributed by atoms with Crippen molar-refractivity contribution in [3.8, 4) is 0 Å². The largest absolute Gasteiger partial charge is 0.481 e. The van der Waals surface area contributed by atoms with Crippen molar-refractivity contribution in [1.82, 2.24) is 4.98 Å². The number of nitrogens with one attached hydrogen (secondary N) is 1. The highest BCUT2D eigenvalue weighted by Gasteiger charge is 2.32. The van der Waals surface area contributed by atoms with Gasteiger partial charge in [0.05, 0.1) is 10.2 Å². The summed E-state index contributed by atoms with van der Waals surface area (Å²) in [6, 6.07) is 4.64. The van der Waals surface area contributed by atoms with Crippen LogP contribution in [0.5, 0.6) is 0 Å². The Bertz CT molecular complexity index is 658. The van der Waals surface area contributed by atoms with Gasteiger partial charge in [0.25, 0.3) is 0 Å². The molecule has 106 valence electrons. The van der Waals surface area contributed by atoms with Crippen LogP contribution in [0.4, 0.5) is 15.2 Å².